The zero-order valence-electron chi connectivity index (χ0n) is 12.0. The third kappa shape index (κ3) is 2.10. The molecule has 1 fully saturated rings. The molecule has 0 saturated carbocycles. The Morgan fingerprint density at radius 2 is 1.95 bits per heavy atom. The molecule has 2 heterocycles. The monoisotopic (exact) mass is 308 g/mol. The van der Waals surface area contributed by atoms with Gasteiger partial charge in [0.2, 0.25) is 0 Å². The summed E-state index contributed by atoms with van der Waals surface area (Å²) in [5, 5.41) is 7.25. The fourth-order valence-corrected chi connectivity index (χ4v) is 3.78. The SMILES string of the molecule is CC1CN(c2c(N(C)C)c(=O)c2=O)C[C@@H]1c1n[nH]c(=O)s1. The molecule has 1 unspecified atom stereocenters. The first kappa shape index (κ1) is 14.0. The third-order valence-corrected chi connectivity index (χ3v) is 4.89. The van der Waals surface area contributed by atoms with Crippen molar-refractivity contribution in [3.63, 3.8) is 0 Å². The van der Waals surface area contributed by atoms with Gasteiger partial charge in [-0.1, -0.05) is 18.3 Å². The number of aromatic amines is 1. The predicted molar refractivity (Wildman–Crippen MR) is 82.5 cm³/mol. The molecule has 2 aromatic rings. The Morgan fingerprint density at radius 3 is 2.52 bits per heavy atom. The van der Waals surface area contributed by atoms with Crippen LogP contribution in [0.25, 0.3) is 0 Å². The molecule has 0 bridgehead atoms. The molecule has 7 nitrogen and oxygen atoms in total. The van der Waals surface area contributed by atoms with Crippen LogP contribution in [0.5, 0.6) is 0 Å². The van der Waals surface area contributed by atoms with E-state index in [1.807, 2.05) is 4.90 Å². The molecule has 112 valence electrons. The van der Waals surface area contributed by atoms with E-state index in [9.17, 15) is 14.4 Å². The van der Waals surface area contributed by atoms with Crippen molar-refractivity contribution in [3.05, 3.63) is 35.1 Å². The van der Waals surface area contributed by atoms with E-state index in [2.05, 4.69) is 17.1 Å². The Kier molecular flexibility index (Phi) is 3.20. The highest BCUT2D eigenvalue weighted by Gasteiger charge is 2.38. The number of anilines is 2. The molecular formula is C13H16N4O3S. The Hall–Kier alpha value is -1.96. The summed E-state index contributed by atoms with van der Waals surface area (Å²) < 4.78 is 0. The van der Waals surface area contributed by atoms with Gasteiger partial charge >= 0.3 is 4.87 Å². The molecule has 1 N–H and O–H groups in total. The lowest BCUT2D eigenvalue weighted by atomic mass is 9.99. The average Bonchev–Trinajstić information content (AvgIpc) is 3.00. The van der Waals surface area contributed by atoms with Crippen LogP contribution >= 0.6 is 11.3 Å². The lowest BCUT2D eigenvalue weighted by Gasteiger charge is -2.26. The van der Waals surface area contributed by atoms with Gasteiger partial charge in [-0.15, -0.1) is 0 Å². The molecule has 1 aliphatic heterocycles. The van der Waals surface area contributed by atoms with Gasteiger partial charge in [0.05, 0.1) is 0 Å². The molecule has 3 rings (SSSR count). The van der Waals surface area contributed by atoms with Gasteiger partial charge in [-0.3, -0.25) is 14.4 Å². The summed E-state index contributed by atoms with van der Waals surface area (Å²) in [4.78, 5) is 38.3. The minimum absolute atomic E-state index is 0.105. The van der Waals surface area contributed by atoms with E-state index in [1.165, 1.54) is 0 Å². The van der Waals surface area contributed by atoms with Crippen molar-refractivity contribution < 1.29 is 0 Å². The summed E-state index contributed by atoms with van der Waals surface area (Å²) in [6.45, 7) is 3.36. The first-order chi connectivity index (χ1) is 9.90. The molecule has 1 saturated heterocycles. The number of hydrogen-bond acceptors (Lipinski definition) is 7. The van der Waals surface area contributed by atoms with Gasteiger partial charge < -0.3 is 9.80 Å². The average molecular weight is 308 g/mol. The quantitative estimate of drug-likeness (QED) is 0.786. The van der Waals surface area contributed by atoms with Crippen molar-refractivity contribution >= 4 is 22.7 Å². The standard InChI is InChI=1S/C13H16N4O3S/c1-6-4-17(5-7(6)12-14-15-13(20)21-12)9-8(16(2)3)10(18)11(9)19/h6-7H,4-5H2,1-3H3,(H,15,20)/t6?,7-/m0/s1. The van der Waals surface area contributed by atoms with Crippen molar-refractivity contribution in [2.45, 2.75) is 12.8 Å². The molecule has 0 radical (unpaired) electrons. The second kappa shape index (κ2) is 4.80. The van der Waals surface area contributed by atoms with Crippen molar-refractivity contribution in [3.8, 4) is 0 Å². The topological polar surface area (TPSA) is 86.4 Å². The molecule has 1 aromatic carbocycles. The Morgan fingerprint density at radius 1 is 1.24 bits per heavy atom. The van der Waals surface area contributed by atoms with E-state index < -0.39 is 10.9 Å². The van der Waals surface area contributed by atoms with Crippen molar-refractivity contribution in [1.29, 1.82) is 0 Å². The van der Waals surface area contributed by atoms with E-state index in [0.717, 1.165) is 16.3 Å². The molecule has 21 heavy (non-hydrogen) atoms. The highest BCUT2D eigenvalue weighted by molar-refractivity contribution is 7.08. The summed E-state index contributed by atoms with van der Waals surface area (Å²) in [5.74, 6) is 0.372. The van der Waals surface area contributed by atoms with Gasteiger partial charge in [0, 0.05) is 33.1 Å². The van der Waals surface area contributed by atoms with Crippen LogP contribution < -0.4 is 25.5 Å². The first-order valence-electron chi connectivity index (χ1n) is 6.71. The van der Waals surface area contributed by atoms with E-state index in [-0.39, 0.29) is 16.7 Å². The summed E-state index contributed by atoms with van der Waals surface area (Å²) >= 11 is 1.11. The van der Waals surface area contributed by atoms with Crippen molar-refractivity contribution in [2.24, 2.45) is 5.92 Å². The van der Waals surface area contributed by atoms with Crippen LogP contribution in [0.3, 0.4) is 0 Å². The van der Waals surface area contributed by atoms with Gasteiger partial charge in [-0.05, 0) is 5.92 Å². The number of hydrogen-bond donors (Lipinski definition) is 1. The molecular weight excluding hydrogens is 292 g/mol. The van der Waals surface area contributed by atoms with Crippen LogP contribution in [0.4, 0.5) is 11.4 Å². The number of nitrogens with zero attached hydrogens (tertiary/aromatic N) is 3. The second-order valence-corrected chi connectivity index (χ2v) is 6.68. The molecule has 2 atom stereocenters. The fourth-order valence-electron chi connectivity index (χ4n) is 2.95. The van der Waals surface area contributed by atoms with Gasteiger partial charge in [0.25, 0.3) is 10.9 Å². The predicted octanol–water partition coefficient (Wildman–Crippen LogP) is -0.267. The molecule has 0 amide bonds. The zero-order valence-corrected chi connectivity index (χ0v) is 12.9. The van der Waals surface area contributed by atoms with E-state index >= 15 is 0 Å². The minimum Gasteiger partial charge on any atom is -0.373 e. The molecule has 1 aromatic heterocycles. The highest BCUT2D eigenvalue weighted by Crippen LogP contribution is 2.36. The van der Waals surface area contributed by atoms with E-state index in [1.54, 1.807) is 19.0 Å². The Labute approximate surface area is 124 Å². The van der Waals surface area contributed by atoms with Crippen LogP contribution in [0.15, 0.2) is 14.4 Å². The maximum atomic E-state index is 11.9. The van der Waals surface area contributed by atoms with E-state index in [4.69, 9.17) is 0 Å². The van der Waals surface area contributed by atoms with Crippen LogP contribution in [0, 0.1) is 5.92 Å². The van der Waals surface area contributed by atoms with Crippen molar-refractivity contribution in [1.82, 2.24) is 10.2 Å². The van der Waals surface area contributed by atoms with Gasteiger partial charge in [0.15, 0.2) is 0 Å². The van der Waals surface area contributed by atoms with Gasteiger partial charge in [0.1, 0.15) is 16.4 Å². The summed E-state index contributed by atoms with van der Waals surface area (Å²) in [6, 6.07) is 0. The normalized spacial score (nSPS) is 22.1. The fraction of sp³-hybridized carbons (Fsp3) is 0.538. The number of H-pyrrole nitrogens is 1. The van der Waals surface area contributed by atoms with Crippen molar-refractivity contribution in [2.75, 3.05) is 37.0 Å². The summed E-state index contributed by atoms with van der Waals surface area (Å²) in [6.07, 6.45) is 0. The number of nitrogens with one attached hydrogen (secondary N) is 1. The summed E-state index contributed by atoms with van der Waals surface area (Å²) in [7, 11) is 3.52. The summed E-state index contributed by atoms with van der Waals surface area (Å²) in [5.41, 5.74) is 0.141. The molecule has 1 aliphatic rings. The Bertz CT molecular complexity index is 799. The van der Waals surface area contributed by atoms with Crippen LogP contribution in [0.2, 0.25) is 0 Å². The molecule has 8 heteroatoms. The highest BCUT2D eigenvalue weighted by atomic mass is 32.1. The van der Waals surface area contributed by atoms with Crippen LogP contribution in [0.1, 0.15) is 17.8 Å². The number of aromatic nitrogens is 2. The lowest BCUT2D eigenvalue weighted by Crippen LogP contribution is -2.44. The first-order valence-corrected chi connectivity index (χ1v) is 7.52. The maximum Gasteiger partial charge on any atom is 0.322 e. The molecule has 0 spiro atoms. The third-order valence-electron chi connectivity index (χ3n) is 4.01. The molecule has 0 aliphatic carbocycles. The Balaban J connectivity index is 1.90. The largest absolute Gasteiger partial charge is 0.373 e. The van der Waals surface area contributed by atoms with Gasteiger partial charge in [-0.25, -0.2) is 5.10 Å². The lowest BCUT2D eigenvalue weighted by molar-refractivity contribution is 0.566. The minimum atomic E-state index is -0.421. The van der Waals surface area contributed by atoms with Crippen LogP contribution in [-0.4, -0.2) is 37.4 Å². The van der Waals surface area contributed by atoms with E-state index in [0.29, 0.717) is 24.5 Å². The zero-order chi connectivity index (χ0) is 15.3. The van der Waals surface area contributed by atoms with Crippen LogP contribution in [-0.2, 0) is 0 Å². The second-order valence-electron chi connectivity index (χ2n) is 5.69. The number of rotatable bonds is 3. The maximum absolute atomic E-state index is 11.9. The van der Waals surface area contributed by atoms with Gasteiger partial charge in [-0.2, -0.15) is 5.10 Å². The smallest absolute Gasteiger partial charge is 0.322 e.